The van der Waals surface area contributed by atoms with Crippen LogP contribution >= 0.6 is 0 Å². The highest BCUT2D eigenvalue weighted by atomic mass is 15.2. The summed E-state index contributed by atoms with van der Waals surface area (Å²) in [6.07, 6.45) is 8.53. The van der Waals surface area contributed by atoms with Crippen molar-refractivity contribution in [1.82, 2.24) is 10.2 Å². The molecule has 0 bridgehead atoms. The summed E-state index contributed by atoms with van der Waals surface area (Å²) in [7, 11) is 2.12. The van der Waals surface area contributed by atoms with Gasteiger partial charge in [-0.1, -0.05) is 20.3 Å². The molecule has 0 aromatic rings. The van der Waals surface area contributed by atoms with Crippen molar-refractivity contribution in [3.8, 4) is 0 Å². The second-order valence-electron chi connectivity index (χ2n) is 4.49. The molecular formula is C12H26N2. The molecule has 14 heavy (non-hydrogen) atoms. The van der Waals surface area contributed by atoms with Crippen LogP contribution in [-0.4, -0.2) is 37.1 Å². The van der Waals surface area contributed by atoms with Crippen LogP contribution in [0, 0.1) is 0 Å². The van der Waals surface area contributed by atoms with Crippen LogP contribution in [0.4, 0.5) is 0 Å². The van der Waals surface area contributed by atoms with Crippen molar-refractivity contribution in [3.05, 3.63) is 0 Å². The Morgan fingerprint density at radius 3 is 2.29 bits per heavy atom. The van der Waals surface area contributed by atoms with Crippen molar-refractivity contribution < 1.29 is 0 Å². The minimum Gasteiger partial charge on any atom is -0.315 e. The van der Waals surface area contributed by atoms with E-state index in [4.69, 9.17) is 0 Å². The molecule has 1 N–H and O–H groups in total. The molecule has 1 saturated heterocycles. The molecule has 2 fully saturated rings. The monoisotopic (exact) mass is 198 g/mol. The molecular weight excluding hydrogens is 172 g/mol. The Bertz CT molecular complexity index is 150. The summed E-state index contributed by atoms with van der Waals surface area (Å²) in [5, 5.41) is 3.49. The van der Waals surface area contributed by atoms with Gasteiger partial charge in [-0.3, -0.25) is 4.90 Å². The lowest BCUT2D eigenvalue weighted by Gasteiger charge is -2.37. The second kappa shape index (κ2) is 5.72. The molecule has 0 aromatic heterocycles. The molecule has 2 nitrogen and oxygen atoms in total. The summed E-state index contributed by atoms with van der Waals surface area (Å²) in [6.45, 7) is 2.70. The molecule has 84 valence electrons. The molecule has 0 radical (unpaired) electrons. The van der Waals surface area contributed by atoms with E-state index in [1.54, 1.807) is 0 Å². The SMILES string of the molecule is C.CN[C@H]1CCCC[C@@H]1N1CCCC1. The molecule has 0 aromatic carbocycles. The van der Waals surface area contributed by atoms with E-state index < -0.39 is 0 Å². The zero-order valence-electron chi connectivity index (χ0n) is 8.76. The van der Waals surface area contributed by atoms with E-state index in [0.717, 1.165) is 12.1 Å². The van der Waals surface area contributed by atoms with E-state index >= 15 is 0 Å². The summed E-state index contributed by atoms with van der Waals surface area (Å²) >= 11 is 0. The number of rotatable bonds is 2. The molecule has 2 rings (SSSR count). The van der Waals surface area contributed by atoms with E-state index in [1.807, 2.05) is 0 Å². The molecule has 2 heteroatoms. The summed E-state index contributed by atoms with van der Waals surface area (Å²) in [4.78, 5) is 2.71. The number of likely N-dealkylation sites (N-methyl/N-ethyl adjacent to an activating group) is 1. The zero-order valence-corrected chi connectivity index (χ0v) is 8.76. The number of nitrogens with one attached hydrogen (secondary N) is 1. The highest BCUT2D eigenvalue weighted by Gasteiger charge is 2.30. The Morgan fingerprint density at radius 2 is 1.64 bits per heavy atom. The summed E-state index contributed by atoms with van der Waals surface area (Å²) in [5.41, 5.74) is 0. The van der Waals surface area contributed by atoms with Crippen molar-refractivity contribution >= 4 is 0 Å². The van der Waals surface area contributed by atoms with Crippen LogP contribution in [0.25, 0.3) is 0 Å². The van der Waals surface area contributed by atoms with Gasteiger partial charge in [0.1, 0.15) is 0 Å². The van der Waals surface area contributed by atoms with Gasteiger partial charge in [-0.2, -0.15) is 0 Å². The van der Waals surface area contributed by atoms with E-state index in [-0.39, 0.29) is 7.43 Å². The molecule has 0 amide bonds. The van der Waals surface area contributed by atoms with Crippen LogP contribution in [0.15, 0.2) is 0 Å². The molecule has 1 heterocycles. The zero-order chi connectivity index (χ0) is 9.10. The third-order valence-corrected chi connectivity index (χ3v) is 3.71. The van der Waals surface area contributed by atoms with E-state index in [0.29, 0.717) is 0 Å². The van der Waals surface area contributed by atoms with Crippen LogP contribution in [0.2, 0.25) is 0 Å². The average molecular weight is 198 g/mol. The smallest absolute Gasteiger partial charge is 0.0249 e. The van der Waals surface area contributed by atoms with E-state index in [2.05, 4.69) is 17.3 Å². The van der Waals surface area contributed by atoms with Gasteiger partial charge < -0.3 is 5.32 Å². The van der Waals surface area contributed by atoms with Gasteiger partial charge in [0.2, 0.25) is 0 Å². The van der Waals surface area contributed by atoms with Crippen LogP contribution < -0.4 is 5.32 Å². The number of hydrogen-bond donors (Lipinski definition) is 1. The van der Waals surface area contributed by atoms with Gasteiger partial charge in [-0.15, -0.1) is 0 Å². The molecule has 0 spiro atoms. The summed E-state index contributed by atoms with van der Waals surface area (Å²) < 4.78 is 0. The Labute approximate surface area is 89.1 Å². The minimum atomic E-state index is 0. The Morgan fingerprint density at radius 1 is 1.00 bits per heavy atom. The predicted octanol–water partition coefficient (Wildman–Crippen LogP) is 2.25. The average Bonchev–Trinajstić information content (AvgIpc) is 2.70. The maximum absolute atomic E-state index is 3.49. The van der Waals surface area contributed by atoms with Gasteiger partial charge in [0.25, 0.3) is 0 Å². The first-order valence-electron chi connectivity index (χ1n) is 5.83. The maximum atomic E-state index is 3.49. The molecule has 0 unspecified atom stereocenters. The van der Waals surface area contributed by atoms with Gasteiger partial charge in [-0.05, 0) is 45.8 Å². The first-order valence-corrected chi connectivity index (χ1v) is 5.83. The molecule has 1 saturated carbocycles. The van der Waals surface area contributed by atoms with Crippen molar-refractivity contribution in [2.75, 3.05) is 20.1 Å². The fourth-order valence-electron chi connectivity index (χ4n) is 2.96. The summed E-state index contributed by atoms with van der Waals surface area (Å²) in [5.74, 6) is 0. The highest BCUT2D eigenvalue weighted by Crippen LogP contribution is 2.25. The van der Waals surface area contributed by atoms with Gasteiger partial charge in [-0.25, -0.2) is 0 Å². The molecule has 1 aliphatic heterocycles. The lowest BCUT2D eigenvalue weighted by molar-refractivity contribution is 0.153. The minimum absolute atomic E-state index is 0. The van der Waals surface area contributed by atoms with Gasteiger partial charge in [0.15, 0.2) is 0 Å². The largest absolute Gasteiger partial charge is 0.315 e. The van der Waals surface area contributed by atoms with Crippen LogP contribution in [0.1, 0.15) is 46.0 Å². The van der Waals surface area contributed by atoms with Crippen molar-refractivity contribution in [2.24, 2.45) is 0 Å². The highest BCUT2D eigenvalue weighted by molar-refractivity contribution is 4.88. The third kappa shape index (κ3) is 2.48. The number of likely N-dealkylation sites (tertiary alicyclic amines) is 1. The fraction of sp³-hybridized carbons (Fsp3) is 1.00. The van der Waals surface area contributed by atoms with Crippen molar-refractivity contribution in [2.45, 2.75) is 58.0 Å². The number of hydrogen-bond acceptors (Lipinski definition) is 2. The normalized spacial score (nSPS) is 34.1. The topological polar surface area (TPSA) is 15.3 Å². The molecule has 2 aliphatic rings. The maximum Gasteiger partial charge on any atom is 0.0249 e. The lowest BCUT2D eigenvalue weighted by atomic mass is 9.89. The first-order chi connectivity index (χ1) is 6.42. The van der Waals surface area contributed by atoms with Gasteiger partial charge >= 0.3 is 0 Å². The van der Waals surface area contributed by atoms with Crippen LogP contribution in [-0.2, 0) is 0 Å². The standard InChI is InChI=1S/C11H22N2.CH4/c1-12-10-6-2-3-7-11(10)13-8-4-5-9-13;/h10-12H,2-9H2,1H3;1H4/t10-,11-;/m0./s1. The Hall–Kier alpha value is -0.0800. The first kappa shape index (κ1) is 12.0. The summed E-state index contributed by atoms with van der Waals surface area (Å²) in [6, 6.07) is 1.62. The predicted molar refractivity (Wildman–Crippen MR) is 62.6 cm³/mol. The van der Waals surface area contributed by atoms with Gasteiger partial charge in [0.05, 0.1) is 0 Å². The molecule has 2 atom stereocenters. The van der Waals surface area contributed by atoms with Crippen LogP contribution in [0.5, 0.6) is 0 Å². The van der Waals surface area contributed by atoms with E-state index in [1.165, 1.54) is 51.6 Å². The van der Waals surface area contributed by atoms with E-state index in [9.17, 15) is 0 Å². The lowest BCUT2D eigenvalue weighted by Crippen LogP contribution is -2.49. The quantitative estimate of drug-likeness (QED) is 0.732. The Kier molecular flexibility index (Phi) is 4.90. The number of nitrogens with zero attached hydrogens (tertiary/aromatic N) is 1. The van der Waals surface area contributed by atoms with Crippen molar-refractivity contribution in [1.29, 1.82) is 0 Å². The third-order valence-electron chi connectivity index (χ3n) is 3.71. The van der Waals surface area contributed by atoms with Gasteiger partial charge in [0, 0.05) is 12.1 Å². The Balaban J connectivity index is 0.000000980. The molecule has 1 aliphatic carbocycles. The van der Waals surface area contributed by atoms with Crippen LogP contribution in [0.3, 0.4) is 0 Å². The fourth-order valence-corrected chi connectivity index (χ4v) is 2.96. The second-order valence-corrected chi connectivity index (χ2v) is 4.49. The van der Waals surface area contributed by atoms with Crippen molar-refractivity contribution in [3.63, 3.8) is 0 Å².